The van der Waals surface area contributed by atoms with Crippen molar-refractivity contribution in [3.8, 4) is 10.7 Å². The van der Waals surface area contributed by atoms with Gasteiger partial charge in [-0.25, -0.2) is 9.97 Å². The van der Waals surface area contributed by atoms with Crippen LogP contribution >= 0.6 is 11.3 Å². The van der Waals surface area contributed by atoms with E-state index in [1.54, 1.807) is 11.3 Å². The van der Waals surface area contributed by atoms with Crippen LogP contribution in [0, 0.1) is 0 Å². The number of fused-ring (bicyclic) bond motifs is 1. The monoisotopic (exact) mass is 297 g/mol. The van der Waals surface area contributed by atoms with Crippen LogP contribution in [-0.4, -0.2) is 17.0 Å². The molecule has 108 valence electrons. The topological polar surface area (TPSA) is 37.8 Å². The number of thiazole rings is 1. The van der Waals surface area contributed by atoms with Crippen molar-refractivity contribution in [2.45, 2.75) is 26.3 Å². The Hall–Kier alpha value is -1.78. The Morgan fingerprint density at radius 1 is 1.10 bits per heavy atom. The van der Waals surface area contributed by atoms with E-state index in [1.807, 2.05) is 25.2 Å². The van der Waals surface area contributed by atoms with Crippen molar-refractivity contribution in [1.82, 2.24) is 15.3 Å². The van der Waals surface area contributed by atoms with Crippen LogP contribution in [0.4, 0.5) is 0 Å². The molecule has 0 aliphatic heterocycles. The molecule has 1 aromatic carbocycles. The number of nitrogens with one attached hydrogen (secondary N) is 1. The first-order chi connectivity index (χ1) is 10.3. The van der Waals surface area contributed by atoms with Crippen molar-refractivity contribution in [3.63, 3.8) is 0 Å². The molecule has 0 unspecified atom stereocenters. The van der Waals surface area contributed by atoms with Gasteiger partial charge < -0.3 is 5.32 Å². The third-order valence-corrected chi connectivity index (χ3v) is 4.54. The van der Waals surface area contributed by atoms with E-state index in [4.69, 9.17) is 9.97 Å². The Bertz CT molecular complexity index is 725. The summed E-state index contributed by atoms with van der Waals surface area (Å²) in [6.45, 7) is 3.07. The van der Waals surface area contributed by atoms with E-state index in [1.165, 1.54) is 16.0 Å². The summed E-state index contributed by atoms with van der Waals surface area (Å²) in [7, 11) is 1.98. The normalized spacial score (nSPS) is 11.1. The Morgan fingerprint density at radius 2 is 1.95 bits per heavy atom. The molecule has 0 saturated carbocycles. The van der Waals surface area contributed by atoms with Crippen LogP contribution in [0.5, 0.6) is 0 Å². The van der Waals surface area contributed by atoms with Crippen molar-refractivity contribution in [3.05, 3.63) is 47.0 Å². The Kier molecular flexibility index (Phi) is 4.27. The number of pyridine rings is 1. The first-order valence-electron chi connectivity index (χ1n) is 7.31. The van der Waals surface area contributed by atoms with Crippen LogP contribution in [-0.2, 0) is 13.0 Å². The molecule has 0 aliphatic rings. The van der Waals surface area contributed by atoms with Crippen LogP contribution in [0.1, 0.15) is 23.9 Å². The fraction of sp³-hybridized carbons (Fsp3) is 0.294. The zero-order valence-electron chi connectivity index (χ0n) is 12.4. The van der Waals surface area contributed by atoms with Gasteiger partial charge in [0.1, 0.15) is 5.01 Å². The van der Waals surface area contributed by atoms with Crippen LogP contribution in [0.2, 0.25) is 0 Å². The van der Waals surface area contributed by atoms with E-state index in [9.17, 15) is 0 Å². The maximum atomic E-state index is 4.81. The molecule has 3 rings (SSSR count). The number of nitrogens with zero attached hydrogens (tertiary/aromatic N) is 2. The van der Waals surface area contributed by atoms with E-state index in [0.29, 0.717) is 0 Å². The lowest BCUT2D eigenvalue weighted by atomic mass is 10.2. The number of aryl methyl sites for hydroxylation is 1. The molecule has 0 atom stereocenters. The average Bonchev–Trinajstić information content (AvgIpc) is 2.91. The Balaban J connectivity index is 2.02. The van der Waals surface area contributed by atoms with Gasteiger partial charge in [0, 0.05) is 16.8 Å². The molecular formula is C17H19N3S. The summed E-state index contributed by atoms with van der Waals surface area (Å²) in [6.07, 6.45) is 2.14. The standard InChI is InChI=1S/C17H19N3S/c1-3-6-14-16(11-18-2)21-17(20-14)15-10-9-12-7-4-5-8-13(12)19-15/h4-5,7-10,18H,3,6,11H2,1-2H3. The van der Waals surface area contributed by atoms with Gasteiger partial charge in [0.05, 0.1) is 16.9 Å². The molecule has 0 fully saturated rings. The SMILES string of the molecule is CCCc1nc(-c2ccc3ccccc3n2)sc1CNC. The number of hydrogen-bond donors (Lipinski definition) is 1. The van der Waals surface area contributed by atoms with Crippen molar-refractivity contribution in [2.75, 3.05) is 7.05 Å². The molecule has 4 heteroatoms. The van der Waals surface area contributed by atoms with Gasteiger partial charge in [-0.1, -0.05) is 37.6 Å². The molecule has 21 heavy (non-hydrogen) atoms. The quantitative estimate of drug-likeness (QED) is 0.772. The fourth-order valence-electron chi connectivity index (χ4n) is 2.41. The maximum absolute atomic E-state index is 4.81. The highest BCUT2D eigenvalue weighted by Crippen LogP contribution is 2.29. The zero-order chi connectivity index (χ0) is 14.7. The zero-order valence-corrected chi connectivity index (χ0v) is 13.2. The molecule has 0 saturated heterocycles. The van der Waals surface area contributed by atoms with E-state index in [0.717, 1.165) is 35.6 Å². The molecule has 2 heterocycles. The summed E-state index contributed by atoms with van der Waals surface area (Å²) < 4.78 is 0. The second-order valence-corrected chi connectivity index (χ2v) is 6.14. The minimum atomic E-state index is 0.876. The highest BCUT2D eigenvalue weighted by Gasteiger charge is 2.12. The van der Waals surface area contributed by atoms with Crippen molar-refractivity contribution < 1.29 is 0 Å². The van der Waals surface area contributed by atoms with Crippen LogP contribution in [0.15, 0.2) is 36.4 Å². The van der Waals surface area contributed by atoms with E-state index >= 15 is 0 Å². The van der Waals surface area contributed by atoms with E-state index in [-0.39, 0.29) is 0 Å². The average molecular weight is 297 g/mol. The molecule has 0 amide bonds. The first kappa shape index (κ1) is 14.2. The number of rotatable bonds is 5. The summed E-state index contributed by atoms with van der Waals surface area (Å²) in [5, 5.41) is 5.42. The molecule has 0 aliphatic carbocycles. The van der Waals surface area contributed by atoms with Gasteiger partial charge >= 0.3 is 0 Å². The summed E-state index contributed by atoms with van der Waals surface area (Å²) >= 11 is 1.75. The largest absolute Gasteiger partial charge is 0.315 e. The Labute approximate surface area is 129 Å². The number of hydrogen-bond acceptors (Lipinski definition) is 4. The summed E-state index contributed by atoms with van der Waals surface area (Å²) in [5.41, 5.74) is 3.21. The number of aromatic nitrogens is 2. The summed E-state index contributed by atoms with van der Waals surface area (Å²) in [4.78, 5) is 10.9. The molecule has 0 radical (unpaired) electrons. The lowest BCUT2D eigenvalue weighted by molar-refractivity contribution is 0.798. The maximum Gasteiger partial charge on any atom is 0.142 e. The molecular weight excluding hydrogens is 278 g/mol. The van der Waals surface area contributed by atoms with Gasteiger partial charge in [-0.15, -0.1) is 11.3 Å². The Morgan fingerprint density at radius 3 is 2.76 bits per heavy atom. The fourth-order valence-corrected chi connectivity index (χ4v) is 3.50. The van der Waals surface area contributed by atoms with Crippen molar-refractivity contribution in [2.24, 2.45) is 0 Å². The number of benzene rings is 1. The lowest BCUT2D eigenvalue weighted by Gasteiger charge is -1.99. The van der Waals surface area contributed by atoms with Crippen LogP contribution in [0.3, 0.4) is 0 Å². The molecule has 3 aromatic rings. The van der Waals surface area contributed by atoms with Crippen LogP contribution in [0.25, 0.3) is 21.6 Å². The summed E-state index contributed by atoms with van der Waals surface area (Å²) in [5.74, 6) is 0. The second-order valence-electron chi connectivity index (χ2n) is 5.06. The molecule has 3 nitrogen and oxygen atoms in total. The minimum absolute atomic E-state index is 0.876. The van der Waals surface area contributed by atoms with Crippen LogP contribution < -0.4 is 5.32 Å². The highest BCUT2D eigenvalue weighted by atomic mass is 32.1. The van der Waals surface area contributed by atoms with Gasteiger partial charge in [0.25, 0.3) is 0 Å². The third-order valence-electron chi connectivity index (χ3n) is 3.42. The van der Waals surface area contributed by atoms with Gasteiger partial charge in [0.15, 0.2) is 0 Å². The molecule has 2 aromatic heterocycles. The molecule has 1 N–H and O–H groups in total. The molecule has 0 bridgehead atoms. The summed E-state index contributed by atoms with van der Waals surface area (Å²) in [6, 6.07) is 12.4. The smallest absolute Gasteiger partial charge is 0.142 e. The first-order valence-corrected chi connectivity index (χ1v) is 8.12. The van der Waals surface area contributed by atoms with Crippen molar-refractivity contribution >= 4 is 22.2 Å². The molecule has 0 spiro atoms. The lowest BCUT2D eigenvalue weighted by Crippen LogP contribution is -2.05. The van der Waals surface area contributed by atoms with Crippen molar-refractivity contribution in [1.29, 1.82) is 0 Å². The highest BCUT2D eigenvalue weighted by molar-refractivity contribution is 7.15. The number of para-hydroxylation sites is 1. The van der Waals surface area contributed by atoms with E-state index in [2.05, 4.69) is 30.4 Å². The van der Waals surface area contributed by atoms with Gasteiger partial charge in [-0.3, -0.25) is 0 Å². The van der Waals surface area contributed by atoms with E-state index < -0.39 is 0 Å². The van der Waals surface area contributed by atoms with Gasteiger partial charge in [-0.2, -0.15) is 0 Å². The predicted octanol–water partition coefficient (Wildman–Crippen LogP) is 4.03. The third kappa shape index (κ3) is 2.96. The minimum Gasteiger partial charge on any atom is -0.315 e. The second kappa shape index (κ2) is 6.33. The van der Waals surface area contributed by atoms with Gasteiger partial charge in [0.2, 0.25) is 0 Å². The van der Waals surface area contributed by atoms with Gasteiger partial charge in [-0.05, 0) is 25.6 Å². The predicted molar refractivity (Wildman–Crippen MR) is 89.6 cm³/mol.